The van der Waals surface area contributed by atoms with E-state index in [0.717, 1.165) is 16.8 Å². The molecule has 0 aliphatic heterocycles. The van der Waals surface area contributed by atoms with Gasteiger partial charge in [0, 0.05) is 10.9 Å². The van der Waals surface area contributed by atoms with E-state index in [0.29, 0.717) is 15.7 Å². The number of hydrogen-bond acceptors (Lipinski definition) is 5. The summed E-state index contributed by atoms with van der Waals surface area (Å²) in [6.45, 7) is 3.97. The molecule has 23 heavy (non-hydrogen) atoms. The molecule has 1 amide bonds. The van der Waals surface area contributed by atoms with Crippen molar-refractivity contribution in [3.05, 3.63) is 45.7 Å². The number of rotatable bonds is 4. The Morgan fingerprint density at radius 1 is 1.43 bits per heavy atom. The predicted octanol–water partition coefficient (Wildman–Crippen LogP) is 3.32. The number of H-pyrrole nitrogens is 1. The van der Waals surface area contributed by atoms with Crippen molar-refractivity contribution >= 4 is 34.6 Å². The fourth-order valence-corrected chi connectivity index (χ4v) is 3.08. The molecule has 0 spiro atoms. The largest absolute Gasteiger partial charge is 0.300 e. The molecule has 0 saturated carbocycles. The molecular formula is C15H15N5OS2. The molecule has 3 aromatic rings. The van der Waals surface area contributed by atoms with Gasteiger partial charge >= 0.3 is 0 Å². The fraction of sp³-hybridized carbons (Fsp3) is 0.200. The SMILES string of the molecule is Cc1cccc(-c2n[nH]c(=S)n2CC(=O)Nc2nc(C)cs2)c1. The molecule has 6 nitrogen and oxygen atoms in total. The van der Waals surface area contributed by atoms with E-state index in [1.807, 2.05) is 43.5 Å². The first-order chi connectivity index (χ1) is 11.0. The van der Waals surface area contributed by atoms with E-state index in [9.17, 15) is 4.79 Å². The van der Waals surface area contributed by atoms with Crippen LogP contribution >= 0.6 is 23.6 Å². The van der Waals surface area contributed by atoms with E-state index in [2.05, 4.69) is 20.5 Å². The quantitative estimate of drug-likeness (QED) is 0.711. The van der Waals surface area contributed by atoms with Gasteiger partial charge in [0.1, 0.15) is 6.54 Å². The number of aryl methyl sites for hydroxylation is 2. The number of aromatic amines is 1. The lowest BCUT2D eigenvalue weighted by Gasteiger charge is -2.07. The molecule has 1 aromatic carbocycles. The van der Waals surface area contributed by atoms with E-state index < -0.39 is 0 Å². The van der Waals surface area contributed by atoms with Crippen molar-refractivity contribution in [3.63, 3.8) is 0 Å². The summed E-state index contributed by atoms with van der Waals surface area (Å²) >= 11 is 6.64. The molecule has 8 heteroatoms. The van der Waals surface area contributed by atoms with Gasteiger partial charge in [0.2, 0.25) is 5.91 Å². The van der Waals surface area contributed by atoms with Crippen LogP contribution in [-0.2, 0) is 11.3 Å². The zero-order valence-corrected chi connectivity index (χ0v) is 14.3. The zero-order valence-electron chi connectivity index (χ0n) is 12.7. The summed E-state index contributed by atoms with van der Waals surface area (Å²) in [7, 11) is 0. The van der Waals surface area contributed by atoms with Crippen molar-refractivity contribution in [1.29, 1.82) is 0 Å². The Morgan fingerprint density at radius 3 is 2.96 bits per heavy atom. The second-order valence-electron chi connectivity index (χ2n) is 5.15. The van der Waals surface area contributed by atoms with Crippen LogP contribution in [0, 0.1) is 18.6 Å². The van der Waals surface area contributed by atoms with Gasteiger partial charge in [0.05, 0.1) is 5.69 Å². The highest BCUT2D eigenvalue weighted by Gasteiger charge is 2.13. The Labute approximate surface area is 142 Å². The smallest absolute Gasteiger partial charge is 0.246 e. The summed E-state index contributed by atoms with van der Waals surface area (Å²) < 4.78 is 2.09. The molecule has 0 bridgehead atoms. The van der Waals surface area contributed by atoms with Crippen LogP contribution in [0.1, 0.15) is 11.3 Å². The maximum atomic E-state index is 12.2. The molecular weight excluding hydrogens is 330 g/mol. The number of carbonyl (C=O) groups is 1. The predicted molar refractivity (Wildman–Crippen MR) is 93.1 cm³/mol. The number of nitrogens with zero attached hydrogens (tertiary/aromatic N) is 3. The third kappa shape index (κ3) is 3.54. The molecule has 0 radical (unpaired) electrons. The summed E-state index contributed by atoms with van der Waals surface area (Å²) in [5, 5.41) is 12.2. The third-order valence-electron chi connectivity index (χ3n) is 3.20. The number of hydrogen-bond donors (Lipinski definition) is 2. The van der Waals surface area contributed by atoms with Gasteiger partial charge in [-0.25, -0.2) is 4.98 Å². The van der Waals surface area contributed by atoms with Crippen LogP contribution in [0.3, 0.4) is 0 Å². The highest BCUT2D eigenvalue weighted by molar-refractivity contribution is 7.71. The Morgan fingerprint density at radius 2 is 2.26 bits per heavy atom. The minimum Gasteiger partial charge on any atom is -0.300 e. The van der Waals surface area contributed by atoms with Crippen LogP contribution in [-0.4, -0.2) is 25.7 Å². The highest BCUT2D eigenvalue weighted by atomic mass is 32.1. The number of thiazole rings is 1. The van der Waals surface area contributed by atoms with Gasteiger partial charge in [-0.2, -0.15) is 5.10 Å². The number of anilines is 1. The van der Waals surface area contributed by atoms with Crippen molar-refractivity contribution in [1.82, 2.24) is 19.7 Å². The van der Waals surface area contributed by atoms with Gasteiger partial charge < -0.3 is 5.32 Å². The van der Waals surface area contributed by atoms with Crippen LogP contribution in [0.4, 0.5) is 5.13 Å². The first-order valence-corrected chi connectivity index (χ1v) is 8.26. The summed E-state index contributed by atoms with van der Waals surface area (Å²) in [6.07, 6.45) is 0. The van der Waals surface area contributed by atoms with Crippen LogP contribution < -0.4 is 5.32 Å². The van der Waals surface area contributed by atoms with Gasteiger partial charge in [-0.3, -0.25) is 14.5 Å². The van der Waals surface area contributed by atoms with Gasteiger partial charge in [0.15, 0.2) is 15.7 Å². The van der Waals surface area contributed by atoms with E-state index in [1.54, 1.807) is 4.57 Å². The van der Waals surface area contributed by atoms with Crippen LogP contribution in [0.25, 0.3) is 11.4 Å². The van der Waals surface area contributed by atoms with Crippen LogP contribution in [0.5, 0.6) is 0 Å². The maximum absolute atomic E-state index is 12.2. The second-order valence-corrected chi connectivity index (χ2v) is 6.40. The Bertz CT molecular complexity index is 908. The lowest BCUT2D eigenvalue weighted by molar-refractivity contribution is -0.116. The lowest BCUT2D eigenvalue weighted by atomic mass is 10.1. The van der Waals surface area contributed by atoms with Crippen molar-refractivity contribution in [2.75, 3.05) is 5.32 Å². The van der Waals surface area contributed by atoms with E-state index >= 15 is 0 Å². The van der Waals surface area contributed by atoms with Crippen LogP contribution in [0.15, 0.2) is 29.6 Å². The number of aromatic nitrogens is 4. The number of carbonyl (C=O) groups excluding carboxylic acids is 1. The number of amides is 1. The Hall–Kier alpha value is -2.32. The van der Waals surface area contributed by atoms with Gasteiger partial charge in [-0.05, 0) is 32.1 Å². The highest BCUT2D eigenvalue weighted by Crippen LogP contribution is 2.19. The second kappa shape index (κ2) is 6.43. The molecule has 0 aliphatic rings. The first-order valence-electron chi connectivity index (χ1n) is 6.97. The van der Waals surface area contributed by atoms with Crippen molar-refractivity contribution in [2.45, 2.75) is 20.4 Å². The molecule has 2 N–H and O–H groups in total. The average molecular weight is 345 g/mol. The Kier molecular flexibility index (Phi) is 4.35. The molecule has 0 aliphatic carbocycles. The summed E-state index contributed by atoms with van der Waals surface area (Å²) in [5.74, 6) is 0.454. The standard InChI is InChI=1S/C15H15N5OS2/c1-9-4-3-5-11(6-9)13-18-19-15(22)20(13)7-12(21)17-14-16-10(2)8-23-14/h3-6,8H,7H2,1-2H3,(H,19,22)(H,16,17,21). The van der Waals surface area contributed by atoms with Gasteiger partial charge in [-0.15, -0.1) is 11.3 Å². The first kappa shape index (κ1) is 15.6. The van der Waals surface area contributed by atoms with Crippen molar-refractivity contribution in [3.8, 4) is 11.4 Å². The monoisotopic (exact) mass is 345 g/mol. The molecule has 0 fully saturated rings. The van der Waals surface area contributed by atoms with Crippen molar-refractivity contribution in [2.24, 2.45) is 0 Å². The number of nitrogens with one attached hydrogen (secondary N) is 2. The zero-order chi connectivity index (χ0) is 16.4. The molecule has 0 unspecified atom stereocenters. The van der Waals surface area contributed by atoms with E-state index in [4.69, 9.17) is 12.2 Å². The Balaban J connectivity index is 1.84. The minimum atomic E-state index is -0.189. The fourth-order valence-electron chi connectivity index (χ4n) is 2.18. The van der Waals surface area contributed by atoms with E-state index in [1.165, 1.54) is 11.3 Å². The lowest BCUT2D eigenvalue weighted by Crippen LogP contribution is -2.19. The molecule has 118 valence electrons. The maximum Gasteiger partial charge on any atom is 0.246 e. The molecule has 2 heterocycles. The molecule has 2 aromatic heterocycles. The van der Waals surface area contributed by atoms with Crippen LogP contribution in [0.2, 0.25) is 0 Å². The van der Waals surface area contributed by atoms with E-state index in [-0.39, 0.29) is 12.5 Å². The summed E-state index contributed by atoms with van der Waals surface area (Å²) in [4.78, 5) is 16.5. The topological polar surface area (TPSA) is 75.6 Å². The van der Waals surface area contributed by atoms with Gasteiger partial charge in [0.25, 0.3) is 0 Å². The summed E-state index contributed by atoms with van der Waals surface area (Å²) in [5.41, 5.74) is 2.91. The molecule has 0 atom stereocenters. The third-order valence-corrected chi connectivity index (χ3v) is 4.39. The molecule has 3 rings (SSSR count). The summed E-state index contributed by atoms with van der Waals surface area (Å²) in [6, 6.07) is 7.90. The number of benzene rings is 1. The van der Waals surface area contributed by atoms with Gasteiger partial charge in [-0.1, -0.05) is 23.8 Å². The van der Waals surface area contributed by atoms with Crippen molar-refractivity contribution < 1.29 is 4.79 Å². The normalized spacial score (nSPS) is 10.7. The minimum absolute atomic E-state index is 0.0806. The molecule has 0 saturated heterocycles. The average Bonchev–Trinajstić information content (AvgIpc) is 3.06.